The van der Waals surface area contributed by atoms with Crippen LogP contribution in [0.4, 0.5) is 0 Å². The summed E-state index contributed by atoms with van der Waals surface area (Å²) in [6.45, 7) is 3.87. The molecule has 5 heteroatoms. The van der Waals surface area contributed by atoms with Crippen LogP contribution in [0.15, 0.2) is 0 Å². The van der Waals surface area contributed by atoms with Crippen LogP contribution in [0.25, 0.3) is 0 Å². The summed E-state index contributed by atoms with van der Waals surface area (Å²) in [7, 11) is 2.11. The predicted octanol–water partition coefficient (Wildman–Crippen LogP) is -0.173. The van der Waals surface area contributed by atoms with E-state index in [-0.39, 0.29) is 6.04 Å². The fourth-order valence-corrected chi connectivity index (χ4v) is 2.26. The molecule has 4 nitrogen and oxygen atoms in total. The van der Waals surface area contributed by atoms with E-state index in [4.69, 9.17) is 14.6 Å². The smallest absolute Gasteiger partial charge is 0.320 e. The van der Waals surface area contributed by atoms with Crippen molar-refractivity contribution in [1.29, 1.82) is 0 Å². The second-order valence-electron chi connectivity index (χ2n) is 3.22. The van der Waals surface area contributed by atoms with Crippen molar-refractivity contribution in [1.82, 2.24) is 5.32 Å². The highest BCUT2D eigenvalue weighted by atomic mass is 28.3. The third-order valence-corrected chi connectivity index (χ3v) is 3.72. The molecule has 0 aliphatic heterocycles. The molecule has 13 heavy (non-hydrogen) atoms. The summed E-state index contributed by atoms with van der Waals surface area (Å²) in [5.41, 5.74) is 5.58. The van der Waals surface area contributed by atoms with Gasteiger partial charge in [-0.05, 0) is 25.9 Å². The molecule has 0 aromatic carbocycles. The summed E-state index contributed by atoms with van der Waals surface area (Å²) in [4.78, 5) is 0. The molecule has 0 rings (SSSR count). The minimum Gasteiger partial charge on any atom is -0.400 e. The number of nitrogens with one attached hydrogen (secondary N) is 1. The van der Waals surface area contributed by atoms with Gasteiger partial charge in [-0.2, -0.15) is 0 Å². The Labute approximate surface area is 82.6 Å². The Hall–Kier alpha value is 0.0569. The van der Waals surface area contributed by atoms with Crippen LogP contribution in [-0.4, -0.2) is 42.6 Å². The van der Waals surface area contributed by atoms with Crippen molar-refractivity contribution in [3.63, 3.8) is 0 Å². The Bertz CT molecular complexity index is 110. The lowest BCUT2D eigenvalue weighted by Gasteiger charge is -2.11. The minimum atomic E-state index is -1.33. The van der Waals surface area contributed by atoms with Crippen molar-refractivity contribution >= 4 is 9.28 Å². The van der Waals surface area contributed by atoms with Gasteiger partial charge in [0, 0.05) is 26.8 Å². The van der Waals surface area contributed by atoms with Gasteiger partial charge in [0.05, 0.1) is 0 Å². The molecule has 0 amide bonds. The molecule has 0 fully saturated rings. The summed E-state index contributed by atoms with van der Waals surface area (Å²) in [5, 5.41) is 3.27. The number of hydrogen-bond acceptors (Lipinski definition) is 4. The summed E-state index contributed by atoms with van der Waals surface area (Å²) in [5.74, 6) is 0. The number of rotatable bonds is 8. The van der Waals surface area contributed by atoms with Gasteiger partial charge < -0.3 is 19.9 Å². The highest BCUT2D eigenvalue weighted by Gasteiger charge is 2.07. The van der Waals surface area contributed by atoms with Gasteiger partial charge in [-0.15, -0.1) is 0 Å². The maximum Gasteiger partial charge on any atom is 0.320 e. The van der Waals surface area contributed by atoms with Crippen LogP contribution >= 0.6 is 0 Å². The maximum atomic E-state index is 5.58. The first kappa shape index (κ1) is 13.1. The molecule has 3 N–H and O–H groups in total. The molecule has 0 aliphatic carbocycles. The molecule has 1 atom stereocenters. The molecule has 0 radical (unpaired) electrons. The summed E-state index contributed by atoms with van der Waals surface area (Å²) in [6.07, 6.45) is 1.10. The summed E-state index contributed by atoms with van der Waals surface area (Å²) in [6, 6.07) is 1.29. The summed E-state index contributed by atoms with van der Waals surface area (Å²) >= 11 is 0. The van der Waals surface area contributed by atoms with Gasteiger partial charge in [-0.1, -0.05) is 0 Å². The molecule has 0 spiro atoms. The fourth-order valence-electron chi connectivity index (χ4n) is 1.06. The van der Waals surface area contributed by atoms with E-state index >= 15 is 0 Å². The highest BCUT2D eigenvalue weighted by Crippen LogP contribution is 1.97. The molecular weight excluding hydrogens is 184 g/mol. The largest absolute Gasteiger partial charge is 0.400 e. The number of nitrogens with two attached hydrogens (primary N) is 1. The molecule has 0 aromatic rings. The van der Waals surface area contributed by atoms with Crippen LogP contribution in [0, 0.1) is 0 Å². The van der Waals surface area contributed by atoms with E-state index in [0.717, 1.165) is 25.6 Å². The van der Waals surface area contributed by atoms with Crippen molar-refractivity contribution in [2.75, 3.05) is 27.3 Å². The van der Waals surface area contributed by atoms with Gasteiger partial charge in [-0.25, -0.2) is 0 Å². The minimum absolute atomic E-state index is 0.234. The van der Waals surface area contributed by atoms with Gasteiger partial charge in [0.2, 0.25) is 0 Å². The zero-order valence-corrected chi connectivity index (χ0v) is 10.0. The lowest BCUT2D eigenvalue weighted by molar-refractivity contribution is 0.276. The monoisotopic (exact) mass is 206 g/mol. The average molecular weight is 206 g/mol. The van der Waals surface area contributed by atoms with Crippen LogP contribution in [0.1, 0.15) is 13.3 Å². The summed E-state index contributed by atoms with van der Waals surface area (Å²) < 4.78 is 10.4. The van der Waals surface area contributed by atoms with E-state index in [1.54, 1.807) is 14.2 Å². The van der Waals surface area contributed by atoms with Gasteiger partial charge in [-0.3, -0.25) is 0 Å². The van der Waals surface area contributed by atoms with Crippen LogP contribution in [-0.2, 0) is 8.85 Å². The van der Waals surface area contributed by atoms with Gasteiger partial charge in [0.1, 0.15) is 0 Å². The van der Waals surface area contributed by atoms with Crippen molar-refractivity contribution in [2.45, 2.75) is 25.4 Å². The van der Waals surface area contributed by atoms with E-state index in [1.807, 2.05) is 6.92 Å². The van der Waals surface area contributed by atoms with E-state index < -0.39 is 9.28 Å². The molecule has 80 valence electrons. The SMILES string of the molecule is CO[SiH](CCCNCC(C)N)OC. The Morgan fingerprint density at radius 3 is 2.46 bits per heavy atom. The molecule has 0 saturated carbocycles. The lowest BCUT2D eigenvalue weighted by Crippen LogP contribution is -2.32. The van der Waals surface area contributed by atoms with Gasteiger partial charge in [0.15, 0.2) is 0 Å². The Morgan fingerprint density at radius 2 is 2.00 bits per heavy atom. The van der Waals surface area contributed by atoms with E-state index in [9.17, 15) is 0 Å². The van der Waals surface area contributed by atoms with Crippen LogP contribution in [0.5, 0.6) is 0 Å². The third kappa shape index (κ3) is 8.39. The zero-order valence-electron chi connectivity index (χ0n) is 8.88. The van der Waals surface area contributed by atoms with Crippen molar-refractivity contribution in [3.8, 4) is 0 Å². The van der Waals surface area contributed by atoms with Gasteiger partial charge >= 0.3 is 9.28 Å². The van der Waals surface area contributed by atoms with Crippen molar-refractivity contribution in [3.05, 3.63) is 0 Å². The molecule has 0 saturated heterocycles. The molecule has 0 aliphatic rings. The topological polar surface area (TPSA) is 56.5 Å². The first-order valence-electron chi connectivity index (χ1n) is 4.72. The quantitative estimate of drug-likeness (QED) is 0.427. The first-order valence-corrected chi connectivity index (χ1v) is 6.48. The van der Waals surface area contributed by atoms with Crippen molar-refractivity contribution in [2.24, 2.45) is 5.73 Å². The molecule has 0 heterocycles. The Morgan fingerprint density at radius 1 is 1.38 bits per heavy atom. The number of hydrogen-bond donors (Lipinski definition) is 2. The zero-order chi connectivity index (χ0) is 10.1. The standard InChI is InChI=1S/C8H22N2O2Si/c1-8(9)7-10-5-4-6-13(11-2)12-3/h8,10,13H,4-7,9H2,1-3H3. The van der Waals surface area contributed by atoms with Crippen molar-refractivity contribution < 1.29 is 8.85 Å². The molecular formula is C8H22N2O2Si. The Kier molecular flexibility index (Phi) is 8.68. The second kappa shape index (κ2) is 8.65. The normalized spacial score (nSPS) is 13.6. The second-order valence-corrected chi connectivity index (χ2v) is 5.60. The van der Waals surface area contributed by atoms with Gasteiger partial charge in [0.25, 0.3) is 0 Å². The van der Waals surface area contributed by atoms with Crippen LogP contribution in [0.3, 0.4) is 0 Å². The fraction of sp³-hybridized carbons (Fsp3) is 1.00. The average Bonchev–Trinajstić information content (AvgIpc) is 2.11. The van der Waals surface area contributed by atoms with E-state index in [2.05, 4.69) is 5.32 Å². The molecule has 1 unspecified atom stereocenters. The van der Waals surface area contributed by atoms with E-state index in [1.165, 1.54) is 0 Å². The molecule has 0 aromatic heterocycles. The predicted molar refractivity (Wildman–Crippen MR) is 57.1 cm³/mol. The van der Waals surface area contributed by atoms with Crippen LogP contribution in [0.2, 0.25) is 6.04 Å². The molecule has 0 bridgehead atoms. The highest BCUT2D eigenvalue weighted by molar-refractivity contribution is 6.44. The van der Waals surface area contributed by atoms with E-state index in [0.29, 0.717) is 0 Å². The van der Waals surface area contributed by atoms with Crippen LogP contribution < -0.4 is 11.1 Å². The third-order valence-electron chi connectivity index (χ3n) is 1.79. The first-order chi connectivity index (χ1) is 6.20. The lowest BCUT2D eigenvalue weighted by atomic mass is 10.3. The Balaban J connectivity index is 3.14. The maximum absolute atomic E-state index is 5.58.